The summed E-state index contributed by atoms with van der Waals surface area (Å²) >= 11 is 0. The number of nitrogens with zero attached hydrogens (tertiary/aromatic N) is 2. The molecule has 1 aliphatic rings. The van der Waals surface area contributed by atoms with Crippen LogP contribution in [0.2, 0.25) is 0 Å². The third kappa shape index (κ3) is 0.960. The summed E-state index contributed by atoms with van der Waals surface area (Å²) in [6.45, 7) is 1.78. The van der Waals surface area contributed by atoms with Gasteiger partial charge in [0, 0.05) is 0 Å². The molecule has 4 heteroatoms. The topological polar surface area (TPSA) is 36.8 Å². The van der Waals surface area contributed by atoms with Crippen LogP contribution in [0.1, 0.15) is 6.92 Å². The molecule has 0 spiro atoms. The Morgan fingerprint density at radius 3 is 3.11 bits per heavy atom. The van der Waals surface area contributed by atoms with Crippen LogP contribution in [-0.4, -0.2) is 11.9 Å². The summed E-state index contributed by atoms with van der Waals surface area (Å²) in [5.74, 6) is 0. The zero-order chi connectivity index (χ0) is 6.69. The number of hydrogen-bond donors (Lipinski definition) is 1. The van der Waals surface area contributed by atoms with Gasteiger partial charge in [0.2, 0.25) is 0 Å². The summed E-state index contributed by atoms with van der Waals surface area (Å²) in [5, 5.41) is 6.05. The van der Waals surface area contributed by atoms with Crippen LogP contribution in [0, 0.1) is 0 Å². The maximum atomic E-state index is 11.6. The number of hydrazone groups is 1. The number of hydrogen-bond acceptors (Lipinski definition) is 3. The first-order chi connectivity index (χ1) is 4.38. The van der Waals surface area contributed by atoms with Gasteiger partial charge in [0.25, 0.3) is 0 Å². The maximum absolute atomic E-state index is 11.6. The minimum atomic E-state index is 0.248. The van der Waals surface area contributed by atoms with Crippen LogP contribution >= 0.6 is 0 Å². The second-order valence-corrected chi connectivity index (χ2v) is 1.54. The molecule has 48 valence electrons. The van der Waals surface area contributed by atoms with E-state index in [9.17, 15) is 4.48 Å². The van der Waals surface area contributed by atoms with Gasteiger partial charge in [-0.15, -0.1) is 0 Å². The Morgan fingerprint density at radius 2 is 2.67 bits per heavy atom. The average molecular weight is 127 g/mol. The molecule has 0 bridgehead atoms. The third-order valence-electron chi connectivity index (χ3n) is 1.03. The molecule has 1 N–H and O–H groups in total. The molecule has 0 saturated heterocycles. The van der Waals surface area contributed by atoms with Gasteiger partial charge in [-0.1, -0.05) is 15.8 Å². The van der Waals surface area contributed by atoms with Gasteiger partial charge in [-0.25, -0.2) is 0 Å². The highest BCUT2D eigenvalue weighted by Gasteiger charge is 2.07. The molecule has 1 aliphatic heterocycles. The Labute approximate surface area is 51.9 Å². The third-order valence-corrected chi connectivity index (χ3v) is 1.03. The van der Waals surface area contributed by atoms with E-state index >= 15 is 0 Å². The van der Waals surface area contributed by atoms with Crippen LogP contribution < -0.4 is 5.43 Å². The van der Waals surface area contributed by atoms with Crippen molar-refractivity contribution in [3.63, 3.8) is 0 Å². The fourth-order valence-corrected chi connectivity index (χ4v) is 0.570. The average Bonchev–Trinajstić information content (AvgIpc) is 2.33. The molecule has 0 aromatic carbocycles. The second kappa shape index (κ2) is 2.39. The van der Waals surface area contributed by atoms with Gasteiger partial charge in [0.1, 0.15) is 5.71 Å². The Kier molecular flexibility index (Phi) is 1.58. The van der Waals surface area contributed by atoms with Gasteiger partial charge >= 0.3 is 0 Å². The lowest BCUT2D eigenvalue weighted by molar-refractivity contribution is 0.539. The van der Waals surface area contributed by atoms with Crippen molar-refractivity contribution in [2.75, 3.05) is 0 Å². The lowest BCUT2D eigenvalue weighted by Gasteiger charge is -1.91. The van der Waals surface area contributed by atoms with Gasteiger partial charge in [-0.2, -0.15) is 5.10 Å². The molecule has 0 aromatic heterocycles. The van der Waals surface area contributed by atoms with Crippen molar-refractivity contribution >= 4 is 11.9 Å². The second-order valence-electron chi connectivity index (χ2n) is 1.54. The van der Waals surface area contributed by atoms with Crippen LogP contribution in [-0.2, 0) is 0 Å². The largest absolute Gasteiger partial charge is 0.276 e. The lowest BCUT2D eigenvalue weighted by Crippen LogP contribution is -2.05. The Hall–Kier alpha value is -1.19. The van der Waals surface area contributed by atoms with E-state index in [-0.39, 0.29) is 5.71 Å². The molecule has 3 nitrogen and oxygen atoms in total. The van der Waals surface area contributed by atoms with E-state index in [4.69, 9.17) is 0 Å². The number of allylic oxidation sites excluding steroid dienone is 2. The fourth-order valence-electron chi connectivity index (χ4n) is 0.570. The molecular weight excluding hydrogens is 121 g/mol. The zero-order valence-corrected chi connectivity index (χ0v) is 4.93. The number of halogens is 1. The molecule has 0 amide bonds. The van der Waals surface area contributed by atoms with Crippen molar-refractivity contribution in [2.45, 2.75) is 6.92 Å². The Bertz CT molecular complexity index is 192. The van der Waals surface area contributed by atoms with E-state index in [1.807, 2.05) is 0 Å². The molecule has 9 heavy (non-hydrogen) atoms. The normalized spacial score (nSPS) is 25.6. The van der Waals surface area contributed by atoms with Crippen molar-refractivity contribution in [1.29, 1.82) is 0 Å². The van der Waals surface area contributed by atoms with Crippen molar-refractivity contribution < 1.29 is 4.48 Å². The SMILES string of the molecule is C/C=C1/NN=C/C1=N/F. The van der Waals surface area contributed by atoms with Gasteiger partial charge < -0.3 is 0 Å². The van der Waals surface area contributed by atoms with Crippen molar-refractivity contribution in [2.24, 2.45) is 10.3 Å². The predicted octanol–water partition coefficient (Wildman–Crippen LogP) is 0.805. The number of nitrogens with one attached hydrogen (secondary N) is 1. The van der Waals surface area contributed by atoms with Gasteiger partial charge in [0.05, 0.1) is 11.9 Å². The van der Waals surface area contributed by atoms with Gasteiger partial charge in [0.15, 0.2) is 0 Å². The molecule has 1 heterocycles. The summed E-state index contributed by atoms with van der Waals surface area (Å²) in [4.78, 5) is 0. The van der Waals surface area contributed by atoms with Crippen LogP contribution in [0.5, 0.6) is 0 Å². The summed E-state index contributed by atoms with van der Waals surface area (Å²) < 4.78 is 11.6. The summed E-state index contributed by atoms with van der Waals surface area (Å²) in [7, 11) is 0. The minimum absolute atomic E-state index is 0.248. The molecule has 0 fully saturated rings. The zero-order valence-electron chi connectivity index (χ0n) is 4.93. The predicted molar refractivity (Wildman–Crippen MR) is 33.9 cm³/mol. The van der Waals surface area contributed by atoms with Crippen molar-refractivity contribution in [3.8, 4) is 0 Å². The molecule has 0 radical (unpaired) electrons. The van der Waals surface area contributed by atoms with E-state index in [1.165, 1.54) is 6.21 Å². The van der Waals surface area contributed by atoms with Crippen LogP contribution in [0.3, 0.4) is 0 Å². The number of rotatable bonds is 0. The van der Waals surface area contributed by atoms with E-state index in [0.717, 1.165) is 0 Å². The molecule has 0 saturated carbocycles. The smallest absolute Gasteiger partial charge is 0.141 e. The van der Waals surface area contributed by atoms with Crippen molar-refractivity contribution in [3.05, 3.63) is 11.8 Å². The maximum Gasteiger partial charge on any atom is 0.141 e. The van der Waals surface area contributed by atoms with E-state index in [1.54, 1.807) is 13.0 Å². The highest BCUT2D eigenvalue weighted by molar-refractivity contribution is 6.39. The standard InChI is InChI=1S/C5H6FN3/c1-2-4-5(8-6)3-7-9-4/h2-3,9H,1H3/b4-2+,8-5-. The highest BCUT2D eigenvalue weighted by Crippen LogP contribution is 1.98. The van der Waals surface area contributed by atoms with E-state index < -0.39 is 0 Å². The Balaban J connectivity index is 2.84. The molecule has 0 unspecified atom stereocenters. The molecule has 0 atom stereocenters. The van der Waals surface area contributed by atoms with Crippen LogP contribution in [0.4, 0.5) is 4.48 Å². The lowest BCUT2D eigenvalue weighted by atomic mass is 10.3. The molecule has 0 aromatic rings. The summed E-state index contributed by atoms with van der Waals surface area (Å²) in [6.07, 6.45) is 3.03. The Morgan fingerprint density at radius 1 is 1.89 bits per heavy atom. The first kappa shape index (κ1) is 5.94. The fraction of sp³-hybridized carbons (Fsp3) is 0.200. The van der Waals surface area contributed by atoms with E-state index in [2.05, 4.69) is 15.7 Å². The molecule has 1 rings (SSSR count). The quantitative estimate of drug-likeness (QED) is 0.513. The van der Waals surface area contributed by atoms with Crippen LogP contribution in [0.15, 0.2) is 22.1 Å². The van der Waals surface area contributed by atoms with Crippen LogP contribution in [0.25, 0.3) is 0 Å². The minimum Gasteiger partial charge on any atom is -0.276 e. The first-order valence-electron chi connectivity index (χ1n) is 2.53. The molecular formula is C5H6FN3. The van der Waals surface area contributed by atoms with E-state index in [0.29, 0.717) is 5.70 Å². The van der Waals surface area contributed by atoms with Gasteiger partial charge in [-0.05, 0) is 6.92 Å². The first-order valence-corrected chi connectivity index (χ1v) is 2.53. The van der Waals surface area contributed by atoms with Gasteiger partial charge in [-0.3, -0.25) is 5.43 Å². The monoisotopic (exact) mass is 127 g/mol. The summed E-state index contributed by atoms with van der Waals surface area (Å²) in [6, 6.07) is 0. The molecule has 0 aliphatic carbocycles. The summed E-state index contributed by atoms with van der Waals surface area (Å²) in [5.41, 5.74) is 3.42. The highest BCUT2D eigenvalue weighted by atomic mass is 19.2. The van der Waals surface area contributed by atoms with Crippen molar-refractivity contribution in [1.82, 2.24) is 5.43 Å².